The molecule has 3 nitrogen and oxygen atoms in total. The molecule has 3 atom stereocenters. The molecule has 1 N–H and O–H groups in total. The Balaban J connectivity index is 1.69. The van der Waals surface area contributed by atoms with Crippen molar-refractivity contribution in [1.29, 1.82) is 0 Å². The summed E-state index contributed by atoms with van der Waals surface area (Å²) in [7, 11) is 1.40. The first-order valence-electron chi connectivity index (χ1n) is 8.08. The van der Waals surface area contributed by atoms with Crippen LogP contribution in [-0.4, -0.2) is 13.1 Å². The number of halogens is 1. The van der Waals surface area contributed by atoms with Gasteiger partial charge in [0.25, 0.3) is 0 Å². The van der Waals surface area contributed by atoms with Crippen molar-refractivity contribution in [3.8, 4) is 0 Å². The van der Waals surface area contributed by atoms with Gasteiger partial charge in [0.05, 0.1) is 18.7 Å². The van der Waals surface area contributed by atoms with Gasteiger partial charge < -0.3 is 10.1 Å². The van der Waals surface area contributed by atoms with Crippen molar-refractivity contribution in [2.45, 2.75) is 18.4 Å². The Labute approximate surface area is 146 Å². The molecule has 0 saturated heterocycles. The zero-order valence-electron chi connectivity index (χ0n) is 13.3. The van der Waals surface area contributed by atoms with Gasteiger partial charge in [-0.25, -0.2) is 4.79 Å². The number of ether oxygens (including phenoxy) is 1. The lowest BCUT2D eigenvalue weighted by Crippen LogP contribution is -2.29. The number of fused-ring (bicyclic) bond motifs is 3. The summed E-state index contributed by atoms with van der Waals surface area (Å²) in [5.41, 5.74) is 4.16. The van der Waals surface area contributed by atoms with E-state index in [2.05, 4.69) is 29.6 Å². The highest BCUT2D eigenvalue weighted by Gasteiger charge is 2.37. The molecule has 2 aromatic rings. The molecule has 4 heteroatoms. The molecule has 4 rings (SSSR count). The number of rotatable bonds is 2. The first kappa shape index (κ1) is 15.3. The van der Waals surface area contributed by atoms with Crippen molar-refractivity contribution in [3.05, 3.63) is 76.3 Å². The fourth-order valence-corrected chi connectivity index (χ4v) is 4.02. The molecule has 0 radical (unpaired) electrons. The van der Waals surface area contributed by atoms with Gasteiger partial charge in [-0.2, -0.15) is 0 Å². The van der Waals surface area contributed by atoms with Crippen LogP contribution in [0, 0.1) is 5.92 Å². The second-order valence-corrected chi connectivity index (χ2v) is 6.76. The first-order valence-corrected chi connectivity index (χ1v) is 8.46. The quantitative estimate of drug-likeness (QED) is 0.621. The normalized spacial score (nSPS) is 24.0. The van der Waals surface area contributed by atoms with E-state index in [0.29, 0.717) is 17.4 Å². The maximum atomic E-state index is 11.6. The van der Waals surface area contributed by atoms with Gasteiger partial charge in [0.15, 0.2) is 0 Å². The van der Waals surface area contributed by atoms with Gasteiger partial charge in [-0.15, -0.1) is 0 Å². The highest BCUT2D eigenvalue weighted by molar-refractivity contribution is 6.30. The van der Waals surface area contributed by atoms with Crippen molar-refractivity contribution in [3.63, 3.8) is 0 Å². The van der Waals surface area contributed by atoms with Gasteiger partial charge in [-0.1, -0.05) is 35.9 Å². The average Bonchev–Trinajstić information content (AvgIpc) is 3.11. The molecule has 0 unspecified atom stereocenters. The molecule has 0 bridgehead atoms. The monoisotopic (exact) mass is 339 g/mol. The highest BCUT2D eigenvalue weighted by atomic mass is 35.5. The van der Waals surface area contributed by atoms with Crippen LogP contribution in [0.1, 0.15) is 39.9 Å². The van der Waals surface area contributed by atoms with E-state index in [-0.39, 0.29) is 12.0 Å². The van der Waals surface area contributed by atoms with Gasteiger partial charge in [0.2, 0.25) is 0 Å². The Kier molecular flexibility index (Phi) is 3.81. The molecule has 0 fully saturated rings. The minimum Gasteiger partial charge on any atom is -0.465 e. The number of methoxy groups -OCH3 is 1. The number of hydrogen-bond acceptors (Lipinski definition) is 3. The molecular formula is C20H18ClNO2. The Bertz CT molecular complexity index is 813. The molecule has 2 aromatic carbocycles. The van der Waals surface area contributed by atoms with E-state index < -0.39 is 0 Å². The number of carbonyl (C=O) groups excluding carboxylic acids is 1. The van der Waals surface area contributed by atoms with Crippen molar-refractivity contribution in [2.24, 2.45) is 5.92 Å². The van der Waals surface area contributed by atoms with Gasteiger partial charge in [0, 0.05) is 16.6 Å². The summed E-state index contributed by atoms with van der Waals surface area (Å²) in [4.78, 5) is 11.6. The maximum Gasteiger partial charge on any atom is 0.337 e. The second kappa shape index (κ2) is 5.99. The summed E-state index contributed by atoms with van der Waals surface area (Å²) in [5, 5.41) is 4.43. The standard InChI is InChI=1S/C20H18ClNO2/c1-24-20(23)13-7-5-12(6-8-13)19-16-4-2-3-15(16)17-11-14(21)9-10-18(17)22-19/h2-3,5-11,15-16,19,22H,4H2,1H3/t15-,16-,19+/m0/s1. The van der Waals surface area contributed by atoms with Crippen LogP contribution in [0.2, 0.25) is 5.02 Å². The summed E-state index contributed by atoms with van der Waals surface area (Å²) in [6.45, 7) is 0. The summed E-state index contributed by atoms with van der Waals surface area (Å²) in [6, 6.07) is 13.9. The molecule has 0 spiro atoms. The maximum absolute atomic E-state index is 11.6. The van der Waals surface area contributed by atoms with E-state index in [4.69, 9.17) is 16.3 Å². The van der Waals surface area contributed by atoms with Crippen LogP contribution in [0.25, 0.3) is 0 Å². The third-order valence-electron chi connectivity index (χ3n) is 5.02. The molecule has 0 amide bonds. The summed E-state index contributed by atoms with van der Waals surface area (Å²) < 4.78 is 4.77. The Morgan fingerprint density at radius 1 is 1.21 bits per heavy atom. The Morgan fingerprint density at radius 2 is 2.00 bits per heavy atom. The third-order valence-corrected chi connectivity index (χ3v) is 5.25. The average molecular weight is 340 g/mol. The number of esters is 1. The molecule has 0 saturated carbocycles. The lowest BCUT2D eigenvalue weighted by atomic mass is 9.77. The Hall–Kier alpha value is -2.26. The predicted octanol–water partition coefficient (Wildman–Crippen LogP) is 4.95. The van der Waals surface area contributed by atoms with Crippen LogP contribution in [0.15, 0.2) is 54.6 Å². The first-order chi connectivity index (χ1) is 11.7. The van der Waals surface area contributed by atoms with Crippen molar-refractivity contribution >= 4 is 23.3 Å². The molecular weight excluding hydrogens is 322 g/mol. The van der Waals surface area contributed by atoms with Crippen molar-refractivity contribution in [2.75, 3.05) is 12.4 Å². The molecule has 1 aliphatic heterocycles. The zero-order valence-corrected chi connectivity index (χ0v) is 14.1. The van der Waals surface area contributed by atoms with Gasteiger partial charge in [-0.05, 0) is 53.8 Å². The van der Waals surface area contributed by atoms with E-state index in [1.54, 1.807) is 0 Å². The number of hydrogen-bond donors (Lipinski definition) is 1. The van der Waals surface area contributed by atoms with E-state index in [1.165, 1.54) is 18.2 Å². The van der Waals surface area contributed by atoms with Crippen LogP contribution in [0.3, 0.4) is 0 Å². The lowest BCUT2D eigenvalue weighted by Gasteiger charge is -2.37. The van der Waals surface area contributed by atoms with Crippen molar-refractivity contribution in [1.82, 2.24) is 0 Å². The molecule has 2 aliphatic rings. The minimum absolute atomic E-state index is 0.213. The lowest BCUT2D eigenvalue weighted by molar-refractivity contribution is 0.0600. The molecule has 24 heavy (non-hydrogen) atoms. The SMILES string of the molecule is COC(=O)c1ccc([C@H]2Nc3ccc(Cl)cc3[C@H]3C=CC[C@@H]32)cc1. The number of anilines is 1. The van der Waals surface area contributed by atoms with Crippen LogP contribution in [0.4, 0.5) is 5.69 Å². The van der Waals surface area contributed by atoms with Crippen LogP contribution < -0.4 is 5.32 Å². The fraction of sp³-hybridized carbons (Fsp3) is 0.250. The highest BCUT2D eigenvalue weighted by Crippen LogP contribution is 2.50. The second-order valence-electron chi connectivity index (χ2n) is 6.32. The van der Waals surface area contributed by atoms with E-state index in [1.807, 2.05) is 30.3 Å². The topological polar surface area (TPSA) is 38.3 Å². The van der Waals surface area contributed by atoms with E-state index in [9.17, 15) is 4.79 Å². The predicted molar refractivity (Wildman–Crippen MR) is 95.6 cm³/mol. The molecule has 0 aromatic heterocycles. The van der Waals surface area contributed by atoms with Crippen LogP contribution >= 0.6 is 11.6 Å². The molecule has 1 aliphatic carbocycles. The minimum atomic E-state index is -0.307. The Morgan fingerprint density at radius 3 is 2.75 bits per heavy atom. The number of allylic oxidation sites excluding steroid dienone is 2. The van der Waals surface area contributed by atoms with Crippen LogP contribution in [-0.2, 0) is 4.74 Å². The van der Waals surface area contributed by atoms with Gasteiger partial charge >= 0.3 is 5.97 Å². The summed E-state index contributed by atoms with van der Waals surface area (Å²) >= 11 is 6.19. The zero-order chi connectivity index (χ0) is 16.7. The fourth-order valence-electron chi connectivity index (χ4n) is 3.84. The summed E-state index contributed by atoms with van der Waals surface area (Å²) in [5.74, 6) is 0.531. The number of benzene rings is 2. The summed E-state index contributed by atoms with van der Waals surface area (Å²) in [6.07, 6.45) is 5.58. The van der Waals surface area contributed by atoms with Gasteiger partial charge in [0.1, 0.15) is 0 Å². The van der Waals surface area contributed by atoms with E-state index in [0.717, 1.165) is 17.1 Å². The van der Waals surface area contributed by atoms with Gasteiger partial charge in [-0.3, -0.25) is 0 Å². The smallest absolute Gasteiger partial charge is 0.337 e. The number of nitrogens with one attached hydrogen (secondary N) is 1. The largest absolute Gasteiger partial charge is 0.465 e. The van der Waals surface area contributed by atoms with E-state index >= 15 is 0 Å². The van der Waals surface area contributed by atoms with Crippen molar-refractivity contribution < 1.29 is 9.53 Å². The van der Waals surface area contributed by atoms with Crippen LogP contribution in [0.5, 0.6) is 0 Å². The third kappa shape index (κ3) is 2.49. The molecule has 1 heterocycles. The number of carbonyl (C=O) groups is 1. The molecule has 122 valence electrons.